The highest BCUT2D eigenvalue weighted by atomic mass is 16.1. The maximum absolute atomic E-state index is 10.7. The van der Waals surface area contributed by atoms with Crippen LogP contribution < -0.4 is 5.73 Å². The van der Waals surface area contributed by atoms with Gasteiger partial charge in [-0.15, -0.1) is 5.10 Å². The summed E-state index contributed by atoms with van der Waals surface area (Å²) in [6.45, 7) is 2.24. The highest BCUT2D eigenvalue weighted by Gasteiger charge is 2.03. The van der Waals surface area contributed by atoms with Crippen LogP contribution in [-0.4, -0.2) is 26.7 Å². The van der Waals surface area contributed by atoms with Gasteiger partial charge >= 0.3 is 0 Å². The van der Waals surface area contributed by atoms with Crippen LogP contribution in [0.2, 0.25) is 0 Å². The molecular formula is C10H16N4O2. The minimum atomic E-state index is -0.342. The molecule has 2 N–H and O–H groups in total. The van der Waals surface area contributed by atoms with E-state index < -0.39 is 0 Å². The number of aryl methyl sites for hydroxylation is 2. The average Bonchev–Trinajstić information content (AvgIpc) is 2.62. The van der Waals surface area contributed by atoms with Gasteiger partial charge in [-0.1, -0.05) is 5.21 Å². The van der Waals surface area contributed by atoms with Crippen LogP contribution in [0.1, 0.15) is 31.9 Å². The zero-order chi connectivity index (χ0) is 12.0. The van der Waals surface area contributed by atoms with Crippen molar-refractivity contribution in [2.45, 2.75) is 39.2 Å². The fourth-order valence-electron chi connectivity index (χ4n) is 1.30. The van der Waals surface area contributed by atoms with Crippen LogP contribution in [0.3, 0.4) is 0 Å². The number of primary amides is 1. The van der Waals surface area contributed by atoms with Gasteiger partial charge in [-0.3, -0.25) is 9.48 Å². The molecule has 0 atom stereocenters. The number of amides is 1. The lowest BCUT2D eigenvalue weighted by Crippen LogP contribution is -2.11. The molecule has 6 nitrogen and oxygen atoms in total. The summed E-state index contributed by atoms with van der Waals surface area (Å²) < 4.78 is 1.68. The topological polar surface area (TPSA) is 90.9 Å². The predicted molar refractivity (Wildman–Crippen MR) is 57.5 cm³/mol. The molecule has 0 saturated heterocycles. The van der Waals surface area contributed by atoms with Crippen molar-refractivity contribution >= 4 is 11.7 Å². The van der Waals surface area contributed by atoms with Gasteiger partial charge in [-0.25, -0.2) is 0 Å². The highest BCUT2D eigenvalue weighted by molar-refractivity contribution is 5.75. The summed E-state index contributed by atoms with van der Waals surface area (Å²) in [5, 5.41) is 7.80. The van der Waals surface area contributed by atoms with Crippen LogP contribution in [-0.2, 0) is 22.6 Å². The summed E-state index contributed by atoms with van der Waals surface area (Å²) in [6.07, 6.45) is 3.89. The first-order valence-corrected chi connectivity index (χ1v) is 5.24. The van der Waals surface area contributed by atoms with E-state index in [1.54, 1.807) is 17.8 Å². The Morgan fingerprint density at radius 3 is 2.81 bits per heavy atom. The minimum Gasteiger partial charge on any atom is -0.370 e. The Kier molecular flexibility index (Phi) is 4.63. The van der Waals surface area contributed by atoms with Crippen molar-refractivity contribution < 1.29 is 9.59 Å². The van der Waals surface area contributed by atoms with E-state index in [0.29, 0.717) is 19.4 Å². The maximum atomic E-state index is 10.7. The Morgan fingerprint density at radius 1 is 1.44 bits per heavy atom. The second-order valence-corrected chi connectivity index (χ2v) is 3.74. The van der Waals surface area contributed by atoms with Crippen LogP contribution in [0.5, 0.6) is 0 Å². The van der Waals surface area contributed by atoms with E-state index in [2.05, 4.69) is 10.3 Å². The van der Waals surface area contributed by atoms with Crippen molar-refractivity contribution in [1.82, 2.24) is 15.0 Å². The van der Waals surface area contributed by atoms with Gasteiger partial charge in [0.15, 0.2) is 0 Å². The second kappa shape index (κ2) is 5.99. The summed E-state index contributed by atoms with van der Waals surface area (Å²) >= 11 is 0. The molecule has 1 aromatic rings. The van der Waals surface area contributed by atoms with Gasteiger partial charge in [0.25, 0.3) is 0 Å². The van der Waals surface area contributed by atoms with E-state index in [-0.39, 0.29) is 18.1 Å². The monoisotopic (exact) mass is 224 g/mol. The van der Waals surface area contributed by atoms with Gasteiger partial charge in [-0.2, -0.15) is 0 Å². The summed E-state index contributed by atoms with van der Waals surface area (Å²) in [7, 11) is 0. The first-order chi connectivity index (χ1) is 7.58. The first kappa shape index (κ1) is 12.4. The molecule has 0 unspecified atom stereocenters. The molecule has 1 aromatic heterocycles. The van der Waals surface area contributed by atoms with Gasteiger partial charge < -0.3 is 10.5 Å². The Labute approximate surface area is 93.8 Å². The third-order valence-corrected chi connectivity index (χ3v) is 2.13. The lowest BCUT2D eigenvalue weighted by Gasteiger charge is -1.97. The van der Waals surface area contributed by atoms with E-state index in [9.17, 15) is 9.59 Å². The van der Waals surface area contributed by atoms with Crippen molar-refractivity contribution in [3.05, 3.63) is 11.9 Å². The summed E-state index contributed by atoms with van der Waals surface area (Å²) in [5.41, 5.74) is 5.78. The van der Waals surface area contributed by atoms with Gasteiger partial charge in [0.2, 0.25) is 5.91 Å². The summed E-state index contributed by atoms with van der Waals surface area (Å²) in [4.78, 5) is 21.3. The van der Waals surface area contributed by atoms with Gasteiger partial charge in [0, 0.05) is 32.0 Å². The second-order valence-electron chi connectivity index (χ2n) is 3.74. The molecule has 0 aliphatic carbocycles. The van der Waals surface area contributed by atoms with E-state index in [1.165, 1.54) is 0 Å². The van der Waals surface area contributed by atoms with Crippen LogP contribution >= 0.6 is 0 Å². The number of ketones is 1. The third kappa shape index (κ3) is 4.68. The van der Waals surface area contributed by atoms with Crippen LogP contribution in [0.15, 0.2) is 6.20 Å². The maximum Gasteiger partial charge on any atom is 0.217 e. The molecule has 0 fully saturated rings. The lowest BCUT2D eigenvalue weighted by molar-refractivity contribution is -0.118. The number of carbonyl (C=O) groups excluding carboxylic acids is 2. The van der Waals surface area contributed by atoms with Crippen molar-refractivity contribution in [2.75, 3.05) is 0 Å². The van der Waals surface area contributed by atoms with Crippen LogP contribution in [0.25, 0.3) is 0 Å². The molecule has 1 heterocycles. The SMILES string of the molecule is CC(=O)CCCn1cc(CCC(N)=O)nn1. The molecule has 0 saturated carbocycles. The smallest absolute Gasteiger partial charge is 0.217 e. The Bertz CT molecular complexity index is 373. The van der Waals surface area contributed by atoms with Gasteiger partial charge in [0.1, 0.15) is 5.78 Å². The predicted octanol–water partition coefficient (Wildman–Crippen LogP) is 0.0652. The van der Waals surface area contributed by atoms with Gasteiger partial charge in [-0.05, 0) is 13.3 Å². The fourth-order valence-corrected chi connectivity index (χ4v) is 1.30. The molecule has 16 heavy (non-hydrogen) atoms. The van der Waals surface area contributed by atoms with E-state index in [4.69, 9.17) is 5.73 Å². The van der Waals surface area contributed by atoms with Crippen LogP contribution in [0, 0.1) is 0 Å². The van der Waals surface area contributed by atoms with Gasteiger partial charge in [0.05, 0.1) is 5.69 Å². The quantitative estimate of drug-likeness (QED) is 0.709. The molecule has 0 aliphatic heterocycles. The third-order valence-electron chi connectivity index (χ3n) is 2.13. The average molecular weight is 224 g/mol. The molecule has 0 radical (unpaired) electrons. The standard InChI is InChI=1S/C10H16N4O2/c1-8(15)3-2-6-14-7-9(12-13-14)4-5-10(11)16/h7H,2-6H2,1H3,(H2,11,16). The van der Waals surface area contributed by atoms with E-state index in [1.807, 2.05) is 0 Å². The molecule has 1 rings (SSSR count). The number of hydrogen-bond acceptors (Lipinski definition) is 4. The van der Waals surface area contributed by atoms with Crippen molar-refractivity contribution in [2.24, 2.45) is 5.73 Å². The first-order valence-electron chi connectivity index (χ1n) is 5.24. The van der Waals surface area contributed by atoms with E-state index >= 15 is 0 Å². The number of rotatable bonds is 7. The van der Waals surface area contributed by atoms with Crippen molar-refractivity contribution in [3.63, 3.8) is 0 Å². The Hall–Kier alpha value is -1.72. The number of carbonyl (C=O) groups is 2. The minimum absolute atomic E-state index is 0.175. The molecule has 0 bridgehead atoms. The summed E-state index contributed by atoms with van der Waals surface area (Å²) in [5.74, 6) is -0.166. The molecule has 0 aliphatic rings. The normalized spacial score (nSPS) is 10.3. The Balaban J connectivity index is 2.33. The molecule has 0 aromatic carbocycles. The van der Waals surface area contributed by atoms with Crippen molar-refractivity contribution in [3.8, 4) is 0 Å². The van der Waals surface area contributed by atoms with E-state index in [0.717, 1.165) is 12.1 Å². The highest BCUT2D eigenvalue weighted by Crippen LogP contribution is 2.00. The molecule has 0 spiro atoms. The molecule has 88 valence electrons. The number of aromatic nitrogens is 3. The Morgan fingerprint density at radius 2 is 2.19 bits per heavy atom. The zero-order valence-corrected chi connectivity index (χ0v) is 9.35. The number of hydrogen-bond donors (Lipinski definition) is 1. The lowest BCUT2D eigenvalue weighted by atomic mass is 10.2. The number of nitrogens with zero attached hydrogens (tertiary/aromatic N) is 3. The number of nitrogens with two attached hydrogens (primary N) is 1. The van der Waals surface area contributed by atoms with Crippen molar-refractivity contribution in [1.29, 1.82) is 0 Å². The molecule has 1 amide bonds. The summed E-state index contributed by atoms with van der Waals surface area (Å²) in [6, 6.07) is 0. The molecule has 6 heteroatoms. The number of Topliss-reactive ketones (excluding diaryl/α,β-unsaturated/α-hetero) is 1. The zero-order valence-electron chi connectivity index (χ0n) is 9.35. The van der Waals surface area contributed by atoms with Crippen LogP contribution in [0.4, 0.5) is 0 Å². The fraction of sp³-hybridized carbons (Fsp3) is 0.600. The largest absolute Gasteiger partial charge is 0.370 e. The molecular weight excluding hydrogens is 208 g/mol.